The number of hydrogen-bond acceptors (Lipinski definition) is 4. The first kappa shape index (κ1) is 17.7. The second-order valence-corrected chi connectivity index (χ2v) is 6.26. The van der Waals surface area contributed by atoms with Gasteiger partial charge in [-0.3, -0.25) is 19.1 Å². The average molecular weight is 356 g/mol. The first-order chi connectivity index (χ1) is 12.5. The predicted octanol–water partition coefficient (Wildman–Crippen LogP) is 0.997. The fourth-order valence-electron chi connectivity index (χ4n) is 2.96. The van der Waals surface area contributed by atoms with Crippen LogP contribution in [-0.2, 0) is 27.3 Å². The summed E-state index contributed by atoms with van der Waals surface area (Å²) in [6.07, 6.45) is 2.41. The third kappa shape index (κ3) is 4.47. The first-order valence-electron chi connectivity index (χ1n) is 8.39. The molecule has 1 aliphatic heterocycles. The van der Waals surface area contributed by atoms with Crippen LogP contribution < -0.4 is 5.32 Å². The van der Waals surface area contributed by atoms with Gasteiger partial charge in [-0.15, -0.1) is 0 Å². The van der Waals surface area contributed by atoms with Gasteiger partial charge in [-0.05, 0) is 12.0 Å². The molecule has 2 amide bonds. The number of aromatic nitrogens is 2. The Morgan fingerprint density at radius 3 is 2.73 bits per heavy atom. The van der Waals surface area contributed by atoms with Gasteiger partial charge in [-0.1, -0.05) is 30.3 Å². The van der Waals surface area contributed by atoms with E-state index >= 15 is 0 Å². The Kier molecular flexibility index (Phi) is 5.31. The summed E-state index contributed by atoms with van der Waals surface area (Å²) in [6.45, 7) is 0.693. The number of carbonyl (C=O) groups excluding carboxylic acids is 2. The van der Waals surface area contributed by atoms with Gasteiger partial charge < -0.3 is 15.3 Å². The molecule has 136 valence electrons. The summed E-state index contributed by atoms with van der Waals surface area (Å²) in [5.41, 5.74) is 1.15. The summed E-state index contributed by atoms with van der Waals surface area (Å²) < 4.78 is 1.23. The first-order valence-corrected chi connectivity index (χ1v) is 8.39. The molecule has 0 aliphatic carbocycles. The van der Waals surface area contributed by atoms with Crippen LogP contribution in [0.3, 0.4) is 0 Å². The third-order valence-electron chi connectivity index (χ3n) is 4.29. The summed E-state index contributed by atoms with van der Waals surface area (Å²) in [5.74, 6) is -1.46. The Morgan fingerprint density at radius 2 is 2.00 bits per heavy atom. The van der Waals surface area contributed by atoms with Crippen LogP contribution in [0.5, 0.6) is 0 Å². The van der Waals surface area contributed by atoms with Gasteiger partial charge in [0.25, 0.3) is 0 Å². The molecule has 0 saturated carbocycles. The minimum absolute atomic E-state index is 0.0301. The molecule has 8 nitrogen and oxygen atoms in total. The molecule has 0 spiro atoms. The zero-order valence-electron chi connectivity index (χ0n) is 14.2. The Bertz CT molecular complexity index is 803. The molecular weight excluding hydrogens is 336 g/mol. The highest BCUT2D eigenvalue weighted by atomic mass is 16.4. The van der Waals surface area contributed by atoms with E-state index < -0.39 is 11.9 Å². The number of hydrogen-bond donors (Lipinski definition) is 2. The fraction of sp³-hybridized carbons (Fsp3) is 0.333. The number of carboxylic acids is 1. The molecule has 2 aromatic rings. The largest absolute Gasteiger partial charge is 0.480 e. The summed E-state index contributed by atoms with van der Waals surface area (Å²) in [6, 6.07) is 11.4. The van der Waals surface area contributed by atoms with Gasteiger partial charge in [0.15, 0.2) is 5.82 Å². The van der Waals surface area contributed by atoms with Gasteiger partial charge in [-0.2, -0.15) is 5.10 Å². The molecule has 1 fully saturated rings. The van der Waals surface area contributed by atoms with Crippen LogP contribution in [0.15, 0.2) is 42.6 Å². The number of aliphatic carboxylic acids is 1. The standard InChI is InChI=1S/C18H20N4O4/c23-16-10-14(11-21(16)8-6-13-4-2-1-3-5-13)18(26)19-15-7-9-22(20-15)12-17(24)25/h1-5,7,9,14H,6,8,10-12H2,(H,24,25)(H,19,20,26)/t14-/m0/s1. The minimum Gasteiger partial charge on any atom is -0.480 e. The van der Waals surface area contributed by atoms with E-state index in [9.17, 15) is 14.4 Å². The van der Waals surface area contributed by atoms with Crippen molar-refractivity contribution in [1.29, 1.82) is 0 Å². The SMILES string of the molecule is O=C(O)Cn1ccc(NC(=O)[C@H]2CC(=O)N(CCc3ccccc3)C2)n1. The molecule has 1 aromatic heterocycles. The number of amides is 2. The van der Waals surface area contributed by atoms with E-state index in [1.54, 1.807) is 4.90 Å². The van der Waals surface area contributed by atoms with E-state index in [-0.39, 0.29) is 30.6 Å². The number of carboxylic acid groups (broad SMARTS) is 1. The lowest BCUT2D eigenvalue weighted by atomic mass is 10.1. The van der Waals surface area contributed by atoms with E-state index in [1.807, 2.05) is 30.3 Å². The van der Waals surface area contributed by atoms with Gasteiger partial charge in [0, 0.05) is 31.8 Å². The van der Waals surface area contributed by atoms with Gasteiger partial charge in [0.2, 0.25) is 11.8 Å². The molecule has 2 heterocycles. The van der Waals surface area contributed by atoms with Crippen molar-refractivity contribution in [3.8, 4) is 0 Å². The van der Waals surface area contributed by atoms with Gasteiger partial charge in [0.1, 0.15) is 6.54 Å². The molecule has 26 heavy (non-hydrogen) atoms. The summed E-state index contributed by atoms with van der Waals surface area (Å²) in [5, 5.41) is 15.4. The summed E-state index contributed by atoms with van der Waals surface area (Å²) in [7, 11) is 0. The Hall–Kier alpha value is -3.16. The molecular formula is C18H20N4O4. The number of anilines is 1. The van der Waals surface area contributed by atoms with E-state index in [0.717, 1.165) is 12.0 Å². The van der Waals surface area contributed by atoms with Crippen molar-refractivity contribution in [1.82, 2.24) is 14.7 Å². The van der Waals surface area contributed by atoms with E-state index in [0.29, 0.717) is 13.1 Å². The molecule has 3 rings (SSSR count). The van der Waals surface area contributed by atoms with Crippen molar-refractivity contribution in [2.24, 2.45) is 5.92 Å². The maximum Gasteiger partial charge on any atom is 0.325 e. The Labute approximate surface area is 150 Å². The van der Waals surface area contributed by atoms with Crippen LogP contribution in [0, 0.1) is 5.92 Å². The number of nitrogens with zero attached hydrogens (tertiary/aromatic N) is 3. The Balaban J connectivity index is 1.51. The second kappa shape index (κ2) is 7.81. The molecule has 8 heteroatoms. The highest BCUT2D eigenvalue weighted by Crippen LogP contribution is 2.20. The molecule has 1 aliphatic rings. The number of likely N-dealkylation sites (tertiary alicyclic amines) is 1. The average Bonchev–Trinajstić information content (AvgIpc) is 3.20. The van der Waals surface area contributed by atoms with E-state index in [2.05, 4.69) is 10.4 Å². The maximum atomic E-state index is 12.4. The topological polar surface area (TPSA) is 105 Å². The van der Waals surface area contributed by atoms with Crippen molar-refractivity contribution in [3.05, 3.63) is 48.2 Å². The summed E-state index contributed by atoms with van der Waals surface area (Å²) >= 11 is 0. The number of benzene rings is 1. The molecule has 2 N–H and O–H groups in total. The van der Waals surface area contributed by atoms with Crippen molar-refractivity contribution in [3.63, 3.8) is 0 Å². The van der Waals surface area contributed by atoms with Gasteiger partial charge in [-0.25, -0.2) is 0 Å². The van der Waals surface area contributed by atoms with Gasteiger partial charge >= 0.3 is 5.97 Å². The van der Waals surface area contributed by atoms with Crippen molar-refractivity contribution in [2.45, 2.75) is 19.4 Å². The highest BCUT2D eigenvalue weighted by molar-refractivity contribution is 5.96. The molecule has 0 unspecified atom stereocenters. The zero-order valence-corrected chi connectivity index (χ0v) is 14.2. The van der Waals surface area contributed by atoms with Crippen LogP contribution in [0.25, 0.3) is 0 Å². The van der Waals surface area contributed by atoms with E-state index in [4.69, 9.17) is 5.11 Å². The van der Waals surface area contributed by atoms with Gasteiger partial charge in [0.05, 0.1) is 5.92 Å². The number of rotatable bonds is 7. The Morgan fingerprint density at radius 1 is 1.23 bits per heavy atom. The minimum atomic E-state index is -1.01. The predicted molar refractivity (Wildman–Crippen MR) is 93.3 cm³/mol. The zero-order chi connectivity index (χ0) is 18.5. The molecule has 1 aromatic carbocycles. The quantitative estimate of drug-likeness (QED) is 0.770. The lowest BCUT2D eigenvalue weighted by molar-refractivity contribution is -0.138. The highest BCUT2D eigenvalue weighted by Gasteiger charge is 2.34. The third-order valence-corrected chi connectivity index (χ3v) is 4.29. The maximum absolute atomic E-state index is 12.4. The van der Waals surface area contributed by atoms with Crippen LogP contribution in [-0.4, -0.2) is 50.7 Å². The monoisotopic (exact) mass is 356 g/mol. The van der Waals surface area contributed by atoms with E-state index in [1.165, 1.54) is 16.9 Å². The van der Waals surface area contributed by atoms with Crippen LogP contribution in [0.2, 0.25) is 0 Å². The molecule has 1 atom stereocenters. The molecule has 0 radical (unpaired) electrons. The normalized spacial score (nSPS) is 16.7. The molecule has 0 bridgehead atoms. The molecule has 1 saturated heterocycles. The smallest absolute Gasteiger partial charge is 0.325 e. The fourth-order valence-corrected chi connectivity index (χ4v) is 2.96. The van der Waals surface area contributed by atoms with Crippen LogP contribution in [0.1, 0.15) is 12.0 Å². The number of nitrogens with one attached hydrogen (secondary N) is 1. The number of carbonyl (C=O) groups is 3. The van der Waals surface area contributed by atoms with Crippen molar-refractivity contribution >= 4 is 23.6 Å². The lowest BCUT2D eigenvalue weighted by Crippen LogP contribution is -2.30. The summed E-state index contributed by atoms with van der Waals surface area (Å²) in [4.78, 5) is 36.9. The van der Waals surface area contributed by atoms with Crippen molar-refractivity contribution in [2.75, 3.05) is 18.4 Å². The van der Waals surface area contributed by atoms with Crippen LogP contribution >= 0.6 is 0 Å². The van der Waals surface area contributed by atoms with Crippen LogP contribution in [0.4, 0.5) is 5.82 Å². The lowest BCUT2D eigenvalue weighted by Gasteiger charge is -2.16. The van der Waals surface area contributed by atoms with Crippen molar-refractivity contribution < 1.29 is 19.5 Å². The second-order valence-electron chi connectivity index (χ2n) is 6.26.